The van der Waals surface area contributed by atoms with E-state index in [9.17, 15) is 14.4 Å². The molecule has 6 nitrogen and oxygen atoms in total. The first-order valence-electron chi connectivity index (χ1n) is 10.1. The fourth-order valence-electron chi connectivity index (χ4n) is 4.13. The third kappa shape index (κ3) is 4.31. The monoisotopic (exact) mass is 392 g/mol. The zero-order valence-corrected chi connectivity index (χ0v) is 16.2. The molecule has 0 unspecified atom stereocenters. The summed E-state index contributed by atoms with van der Waals surface area (Å²) in [7, 11) is 0. The van der Waals surface area contributed by atoms with Crippen molar-refractivity contribution in [1.29, 1.82) is 0 Å². The lowest BCUT2D eigenvalue weighted by molar-refractivity contribution is -0.143. The predicted molar refractivity (Wildman–Crippen MR) is 107 cm³/mol. The van der Waals surface area contributed by atoms with Gasteiger partial charge in [0.05, 0.1) is 11.8 Å². The van der Waals surface area contributed by atoms with Crippen LogP contribution in [0.1, 0.15) is 31.2 Å². The molecule has 2 aromatic carbocycles. The lowest BCUT2D eigenvalue weighted by Crippen LogP contribution is -2.40. The smallest absolute Gasteiger partial charge is 0.240 e. The highest BCUT2D eigenvalue weighted by Crippen LogP contribution is 2.37. The summed E-state index contributed by atoms with van der Waals surface area (Å²) >= 11 is 0. The molecule has 1 aliphatic carbocycles. The molecule has 6 heteroatoms. The van der Waals surface area contributed by atoms with Crippen LogP contribution in [0.3, 0.4) is 0 Å². The molecule has 0 aromatic heterocycles. The lowest BCUT2D eigenvalue weighted by Gasteiger charge is -2.19. The SMILES string of the molecule is O=C(CN1C(=O)[C@H]2CCCC[C@H]2C1=O)NCc1cccc(Oc2ccccc2)c1. The quantitative estimate of drug-likeness (QED) is 0.766. The Balaban J connectivity index is 1.32. The maximum absolute atomic E-state index is 12.5. The van der Waals surface area contributed by atoms with Crippen LogP contribution in [0.25, 0.3) is 0 Å². The van der Waals surface area contributed by atoms with Crippen LogP contribution in [0, 0.1) is 11.8 Å². The topological polar surface area (TPSA) is 75.7 Å². The van der Waals surface area contributed by atoms with Crippen molar-refractivity contribution < 1.29 is 19.1 Å². The Morgan fingerprint density at radius 1 is 0.931 bits per heavy atom. The van der Waals surface area contributed by atoms with Gasteiger partial charge in [0.15, 0.2) is 0 Å². The second-order valence-corrected chi connectivity index (χ2v) is 7.60. The van der Waals surface area contributed by atoms with Crippen molar-refractivity contribution in [2.75, 3.05) is 6.54 Å². The highest BCUT2D eigenvalue weighted by Gasteiger charge is 2.48. The number of hydrogen-bond donors (Lipinski definition) is 1. The zero-order valence-electron chi connectivity index (χ0n) is 16.2. The summed E-state index contributed by atoms with van der Waals surface area (Å²) in [6.07, 6.45) is 3.45. The molecule has 0 bridgehead atoms. The number of carbonyl (C=O) groups excluding carboxylic acids is 3. The van der Waals surface area contributed by atoms with E-state index >= 15 is 0 Å². The molecule has 2 aromatic rings. The van der Waals surface area contributed by atoms with Gasteiger partial charge in [0.25, 0.3) is 0 Å². The number of benzene rings is 2. The molecule has 1 N–H and O–H groups in total. The normalized spacial score (nSPS) is 21.0. The molecule has 0 spiro atoms. The Kier molecular flexibility index (Phi) is 5.60. The molecule has 1 saturated carbocycles. The second kappa shape index (κ2) is 8.47. The number of imide groups is 1. The minimum atomic E-state index is -0.334. The van der Waals surface area contributed by atoms with E-state index in [1.54, 1.807) is 0 Å². The van der Waals surface area contributed by atoms with Crippen LogP contribution in [0.15, 0.2) is 54.6 Å². The van der Waals surface area contributed by atoms with Crippen LogP contribution < -0.4 is 10.1 Å². The summed E-state index contributed by atoms with van der Waals surface area (Å²) in [6, 6.07) is 16.9. The van der Waals surface area contributed by atoms with Gasteiger partial charge in [-0.25, -0.2) is 0 Å². The number of nitrogens with one attached hydrogen (secondary N) is 1. The molecule has 2 atom stereocenters. The van der Waals surface area contributed by atoms with Crippen molar-refractivity contribution in [1.82, 2.24) is 10.2 Å². The number of fused-ring (bicyclic) bond motifs is 1. The van der Waals surface area contributed by atoms with Crippen molar-refractivity contribution in [3.05, 3.63) is 60.2 Å². The molecule has 2 aliphatic rings. The molecular formula is C23H24N2O4. The predicted octanol–water partition coefficient (Wildman–Crippen LogP) is 3.27. The number of hydrogen-bond acceptors (Lipinski definition) is 4. The molecule has 3 amide bonds. The summed E-state index contributed by atoms with van der Waals surface area (Å²) in [5.41, 5.74) is 0.875. The summed E-state index contributed by atoms with van der Waals surface area (Å²) < 4.78 is 5.81. The molecule has 150 valence electrons. The van der Waals surface area contributed by atoms with E-state index in [1.807, 2.05) is 54.6 Å². The van der Waals surface area contributed by atoms with Crippen LogP contribution in [-0.2, 0) is 20.9 Å². The van der Waals surface area contributed by atoms with Gasteiger partial charge in [-0.3, -0.25) is 19.3 Å². The summed E-state index contributed by atoms with van der Waals surface area (Å²) in [6.45, 7) is 0.0960. The van der Waals surface area contributed by atoms with Crippen LogP contribution in [-0.4, -0.2) is 29.2 Å². The Morgan fingerprint density at radius 2 is 1.59 bits per heavy atom. The van der Waals surface area contributed by atoms with Gasteiger partial charge >= 0.3 is 0 Å². The highest BCUT2D eigenvalue weighted by atomic mass is 16.5. The molecule has 2 fully saturated rings. The fourth-order valence-corrected chi connectivity index (χ4v) is 4.13. The fraction of sp³-hybridized carbons (Fsp3) is 0.348. The number of rotatable bonds is 6. The summed E-state index contributed by atoms with van der Waals surface area (Å²) in [5, 5.41) is 2.80. The van der Waals surface area contributed by atoms with Crippen molar-refractivity contribution in [2.45, 2.75) is 32.2 Å². The van der Waals surface area contributed by atoms with Crippen molar-refractivity contribution in [3.63, 3.8) is 0 Å². The largest absolute Gasteiger partial charge is 0.457 e. The Labute approximate surface area is 169 Å². The minimum absolute atomic E-state index is 0.187. The molecular weight excluding hydrogens is 368 g/mol. The zero-order chi connectivity index (χ0) is 20.2. The van der Waals surface area contributed by atoms with E-state index in [1.165, 1.54) is 0 Å². The summed E-state index contributed by atoms with van der Waals surface area (Å²) in [5.74, 6) is 0.255. The van der Waals surface area contributed by atoms with Crippen LogP contribution >= 0.6 is 0 Å². The van der Waals surface area contributed by atoms with Gasteiger partial charge < -0.3 is 10.1 Å². The first kappa shape index (κ1) is 19.2. The highest BCUT2D eigenvalue weighted by molar-refractivity contribution is 6.07. The van der Waals surface area contributed by atoms with Crippen LogP contribution in [0.2, 0.25) is 0 Å². The van der Waals surface area contributed by atoms with Crippen LogP contribution in [0.5, 0.6) is 11.5 Å². The van der Waals surface area contributed by atoms with Gasteiger partial charge in [-0.05, 0) is 42.7 Å². The van der Waals surface area contributed by atoms with E-state index in [2.05, 4.69) is 5.32 Å². The van der Waals surface area contributed by atoms with Gasteiger partial charge in [0.2, 0.25) is 17.7 Å². The van der Waals surface area contributed by atoms with Crippen LogP contribution in [0.4, 0.5) is 0 Å². The Morgan fingerprint density at radius 3 is 2.28 bits per heavy atom. The molecule has 4 rings (SSSR count). The molecule has 29 heavy (non-hydrogen) atoms. The third-order valence-corrected chi connectivity index (χ3v) is 5.60. The number of amides is 3. The van der Waals surface area contributed by atoms with Gasteiger partial charge in [0.1, 0.15) is 18.0 Å². The van der Waals surface area contributed by atoms with E-state index in [-0.39, 0.29) is 36.1 Å². The number of carbonyl (C=O) groups is 3. The average Bonchev–Trinajstić information content (AvgIpc) is 2.98. The summed E-state index contributed by atoms with van der Waals surface area (Å²) in [4.78, 5) is 38.5. The van der Waals surface area contributed by atoms with Gasteiger partial charge in [-0.15, -0.1) is 0 Å². The van der Waals surface area contributed by atoms with Crippen molar-refractivity contribution >= 4 is 17.7 Å². The van der Waals surface area contributed by atoms with E-state index in [0.717, 1.165) is 41.9 Å². The molecule has 1 aliphatic heterocycles. The number of ether oxygens (including phenoxy) is 1. The minimum Gasteiger partial charge on any atom is -0.457 e. The number of nitrogens with zero attached hydrogens (tertiary/aromatic N) is 1. The molecule has 0 radical (unpaired) electrons. The van der Waals surface area contributed by atoms with E-state index in [4.69, 9.17) is 4.74 Å². The van der Waals surface area contributed by atoms with Gasteiger partial charge in [-0.2, -0.15) is 0 Å². The lowest BCUT2D eigenvalue weighted by atomic mass is 9.81. The maximum Gasteiger partial charge on any atom is 0.240 e. The molecule has 1 heterocycles. The van der Waals surface area contributed by atoms with Crippen molar-refractivity contribution in [2.24, 2.45) is 11.8 Å². The van der Waals surface area contributed by atoms with E-state index in [0.29, 0.717) is 12.3 Å². The first-order valence-corrected chi connectivity index (χ1v) is 10.1. The van der Waals surface area contributed by atoms with Gasteiger partial charge in [-0.1, -0.05) is 43.2 Å². The Hall–Kier alpha value is -3.15. The first-order chi connectivity index (χ1) is 14.1. The number of para-hydroxylation sites is 1. The Bertz CT molecular complexity index is 888. The number of likely N-dealkylation sites (tertiary alicyclic amines) is 1. The average molecular weight is 392 g/mol. The second-order valence-electron chi connectivity index (χ2n) is 7.60. The van der Waals surface area contributed by atoms with Crippen molar-refractivity contribution in [3.8, 4) is 11.5 Å². The molecule has 1 saturated heterocycles. The van der Waals surface area contributed by atoms with E-state index < -0.39 is 0 Å². The third-order valence-electron chi connectivity index (χ3n) is 5.60. The maximum atomic E-state index is 12.5. The van der Waals surface area contributed by atoms with Gasteiger partial charge in [0, 0.05) is 6.54 Å². The standard InChI is InChI=1S/C23H24N2O4/c26-21(15-25-22(27)19-11-4-5-12-20(19)23(25)28)24-14-16-7-6-10-18(13-16)29-17-8-2-1-3-9-17/h1-3,6-10,13,19-20H,4-5,11-12,14-15H2,(H,24,26)/t19-,20+.